The molecule has 0 atom stereocenters. The third-order valence-corrected chi connectivity index (χ3v) is 1.20. The average Bonchev–Trinajstić information content (AvgIpc) is 2.03. The molecular weight excluding hydrogens is 180 g/mol. The SMILES string of the molecule is O=C(O)c1cc(=O)cc(C(=O)[OH2+])o1. The second-order valence-corrected chi connectivity index (χ2v) is 2.16. The fraction of sp³-hybridized carbons (Fsp3) is 0. The van der Waals surface area contributed by atoms with Crippen LogP contribution in [0.25, 0.3) is 0 Å². The first-order chi connectivity index (χ1) is 6.00. The van der Waals surface area contributed by atoms with Crippen molar-refractivity contribution in [3.8, 4) is 0 Å². The van der Waals surface area contributed by atoms with E-state index >= 15 is 0 Å². The molecular formula is C7H5O6+. The molecule has 0 aliphatic rings. The molecule has 0 bridgehead atoms. The maximum atomic E-state index is 10.8. The standard InChI is InChI=1S/C7H4O6/c8-3-1-4(6(9)10)13-5(2-3)7(11)12/h1-2H,(H,9,10)(H,11,12)/p+1. The van der Waals surface area contributed by atoms with Crippen molar-refractivity contribution in [3.63, 3.8) is 0 Å². The van der Waals surface area contributed by atoms with Crippen molar-refractivity contribution in [2.75, 3.05) is 0 Å². The van der Waals surface area contributed by atoms with E-state index in [0.717, 1.165) is 12.1 Å². The van der Waals surface area contributed by atoms with E-state index in [1.54, 1.807) is 0 Å². The number of aromatic carboxylic acids is 1. The van der Waals surface area contributed by atoms with Gasteiger partial charge in [-0.15, -0.1) is 0 Å². The van der Waals surface area contributed by atoms with Crippen LogP contribution in [0.15, 0.2) is 21.3 Å². The second kappa shape index (κ2) is 3.10. The Morgan fingerprint density at radius 3 is 2.31 bits per heavy atom. The maximum Gasteiger partial charge on any atom is 0.585 e. The molecule has 0 amide bonds. The van der Waals surface area contributed by atoms with Crippen molar-refractivity contribution in [1.82, 2.24) is 0 Å². The number of carboxylic acid groups (broad SMARTS) is 1. The first kappa shape index (κ1) is 8.98. The van der Waals surface area contributed by atoms with Gasteiger partial charge in [0.05, 0.1) is 4.79 Å². The maximum absolute atomic E-state index is 10.8. The fourth-order valence-electron chi connectivity index (χ4n) is 0.695. The lowest BCUT2D eigenvalue weighted by atomic mass is 10.3. The normalized spacial score (nSPS) is 9.54. The molecule has 1 aromatic rings. The van der Waals surface area contributed by atoms with Gasteiger partial charge in [0, 0.05) is 12.1 Å². The van der Waals surface area contributed by atoms with Gasteiger partial charge < -0.3 is 14.6 Å². The summed E-state index contributed by atoms with van der Waals surface area (Å²) in [6.07, 6.45) is 0. The molecule has 13 heavy (non-hydrogen) atoms. The van der Waals surface area contributed by atoms with E-state index in [0.29, 0.717) is 0 Å². The van der Waals surface area contributed by atoms with Crippen molar-refractivity contribution in [2.24, 2.45) is 0 Å². The summed E-state index contributed by atoms with van der Waals surface area (Å²) in [6.45, 7) is 0. The van der Waals surface area contributed by atoms with Crippen LogP contribution in [-0.2, 0) is 0 Å². The molecule has 0 aliphatic heterocycles. The Hall–Kier alpha value is -2.11. The summed E-state index contributed by atoms with van der Waals surface area (Å²) in [5.41, 5.74) is -0.681. The first-order valence-corrected chi connectivity index (χ1v) is 3.15. The van der Waals surface area contributed by atoms with E-state index in [1.165, 1.54) is 0 Å². The Kier molecular flexibility index (Phi) is 2.14. The topological polar surface area (TPSA) is 107 Å². The van der Waals surface area contributed by atoms with Gasteiger partial charge in [-0.05, 0) is 0 Å². The highest BCUT2D eigenvalue weighted by molar-refractivity contribution is 5.87. The summed E-state index contributed by atoms with van der Waals surface area (Å²) in [6, 6.07) is 1.50. The predicted molar refractivity (Wildman–Crippen MR) is 39.9 cm³/mol. The first-order valence-electron chi connectivity index (χ1n) is 3.15. The van der Waals surface area contributed by atoms with Gasteiger partial charge in [-0.2, -0.15) is 0 Å². The number of carboxylic acids is 1. The minimum Gasteiger partial charge on any atom is -0.559 e. The zero-order valence-corrected chi connectivity index (χ0v) is 6.23. The molecule has 6 heteroatoms. The molecule has 0 saturated carbocycles. The minimum absolute atomic E-state index is 0.579. The van der Waals surface area contributed by atoms with Crippen LogP contribution in [-0.4, -0.2) is 22.2 Å². The Balaban J connectivity index is 3.35. The van der Waals surface area contributed by atoms with Gasteiger partial charge >= 0.3 is 11.9 Å². The number of rotatable bonds is 2. The number of carbonyl (C=O) groups is 2. The van der Waals surface area contributed by atoms with Crippen LogP contribution in [0.5, 0.6) is 0 Å². The molecule has 0 aliphatic carbocycles. The van der Waals surface area contributed by atoms with Gasteiger partial charge in [-0.3, -0.25) is 4.79 Å². The van der Waals surface area contributed by atoms with E-state index in [9.17, 15) is 14.4 Å². The summed E-state index contributed by atoms with van der Waals surface area (Å²) in [4.78, 5) is 31.5. The molecule has 0 spiro atoms. The fourth-order valence-corrected chi connectivity index (χ4v) is 0.695. The molecule has 1 heterocycles. The zero-order valence-electron chi connectivity index (χ0n) is 6.23. The molecule has 0 aromatic carbocycles. The summed E-state index contributed by atoms with van der Waals surface area (Å²) in [5, 5.41) is 15.0. The zero-order chi connectivity index (χ0) is 10.0. The molecule has 1 aromatic heterocycles. The molecule has 6 nitrogen and oxygen atoms in total. The lowest BCUT2D eigenvalue weighted by Gasteiger charge is -1.92. The van der Waals surface area contributed by atoms with Crippen LogP contribution < -0.4 is 5.43 Å². The van der Waals surface area contributed by atoms with Crippen LogP contribution >= 0.6 is 0 Å². The van der Waals surface area contributed by atoms with E-state index in [-0.39, 0.29) is 0 Å². The third kappa shape index (κ3) is 1.92. The molecule has 0 unspecified atom stereocenters. The van der Waals surface area contributed by atoms with Gasteiger partial charge in [0.15, 0.2) is 5.43 Å². The second-order valence-electron chi connectivity index (χ2n) is 2.16. The van der Waals surface area contributed by atoms with Gasteiger partial charge in [0.2, 0.25) is 5.76 Å². The molecule has 1 rings (SSSR count). The number of hydrogen-bond acceptors (Lipinski definition) is 4. The van der Waals surface area contributed by atoms with Crippen molar-refractivity contribution < 1.29 is 24.2 Å². The van der Waals surface area contributed by atoms with Crippen LogP contribution in [0.4, 0.5) is 0 Å². The average molecular weight is 185 g/mol. The smallest absolute Gasteiger partial charge is 0.559 e. The summed E-state index contributed by atoms with van der Waals surface area (Å²) >= 11 is 0. The summed E-state index contributed by atoms with van der Waals surface area (Å²) in [5.74, 6) is -3.92. The molecule has 0 radical (unpaired) electrons. The lowest BCUT2D eigenvalue weighted by molar-refractivity contribution is 0.0623. The Morgan fingerprint density at radius 2 is 1.85 bits per heavy atom. The molecule has 68 valence electrons. The number of carbonyl (C=O) groups excluding carboxylic acids is 1. The Bertz CT molecular complexity index is 380. The summed E-state index contributed by atoms with van der Waals surface area (Å²) in [7, 11) is 0. The van der Waals surface area contributed by atoms with Gasteiger partial charge in [0.1, 0.15) is 0 Å². The predicted octanol–water partition coefficient (Wildman–Crippen LogP) is -0.797. The van der Waals surface area contributed by atoms with Gasteiger partial charge in [-0.25, -0.2) is 4.79 Å². The molecule has 0 fully saturated rings. The highest BCUT2D eigenvalue weighted by atomic mass is 16.4. The minimum atomic E-state index is -1.46. The van der Waals surface area contributed by atoms with Crippen LogP contribution in [0.3, 0.4) is 0 Å². The quantitative estimate of drug-likeness (QED) is 0.607. The van der Waals surface area contributed by atoms with Crippen molar-refractivity contribution in [1.29, 1.82) is 0 Å². The molecule has 3 N–H and O–H groups in total. The van der Waals surface area contributed by atoms with Crippen molar-refractivity contribution >= 4 is 11.9 Å². The Labute approximate surface area is 71.0 Å². The third-order valence-electron chi connectivity index (χ3n) is 1.20. The van der Waals surface area contributed by atoms with Gasteiger partial charge in [-0.1, -0.05) is 0 Å². The largest absolute Gasteiger partial charge is 0.585 e. The van der Waals surface area contributed by atoms with E-state index in [2.05, 4.69) is 4.42 Å². The highest BCUT2D eigenvalue weighted by Crippen LogP contribution is 2.01. The van der Waals surface area contributed by atoms with E-state index < -0.39 is 28.9 Å². The summed E-state index contributed by atoms with van der Waals surface area (Å²) < 4.78 is 4.44. The van der Waals surface area contributed by atoms with Crippen molar-refractivity contribution in [3.05, 3.63) is 33.9 Å². The van der Waals surface area contributed by atoms with E-state index in [4.69, 9.17) is 10.2 Å². The molecule has 0 saturated heterocycles. The Morgan fingerprint density at radius 1 is 1.31 bits per heavy atom. The lowest BCUT2D eigenvalue weighted by Crippen LogP contribution is -2.09. The number of hydrogen-bond donors (Lipinski definition) is 1. The van der Waals surface area contributed by atoms with Gasteiger partial charge in [0.25, 0.3) is 5.76 Å². The van der Waals surface area contributed by atoms with Crippen molar-refractivity contribution in [2.45, 2.75) is 0 Å². The highest BCUT2D eigenvalue weighted by Gasteiger charge is 2.18. The monoisotopic (exact) mass is 185 g/mol. The van der Waals surface area contributed by atoms with Crippen LogP contribution in [0.2, 0.25) is 0 Å². The van der Waals surface area contributed by atoms with Crippen LogP contribution in [0, 0.1) is 0 Å². The van der Waals surface area contributed by atoms with E-state index in [1.807, 2.05) is 0 Å². The van der Waals surface area contributed by atoms with Crippen LogP contribution in [0.1, 0.15) is 21.1 Å².